The van der Waals surface area contributed by atoms with Crippen LogP contribution in [0.25, 0.3) is 11.1 Å². The summed E-state index contributed by atoms with van der Waals surface area (Å²) in [7, 11) is -7.89. The zero-order chi connectivity index (χ0) is 38.1. The fourth-order valence-corrected chi connectivity index (χ4v) is 7.16. The van der Waals surface area contributed by atoms with Gasteiger partial charge in [0.15, 0.2) is 0 Å². The van der Waals surface area contributed by atoms with Crippen LogP contribution in [0.4, 0.5) is 38.0 Å². The molecule has 6 aromatic rings. The van der Waals surface area contributed by atoms with Gasteiger partial charge in [-0.2, -0.15) is 8.42 Å². The molecule has 0 heterocycles. The highest BCUT2D eigenvalue weighted by atomic mass is 32.2. The summed E-state index contributed by atoms with van der Waals surface area (Å²) in [5.41, 5.74) is 5.27. The van der Waals surface area contributed by atoms with E-state index < -0.39 is 32.2 Å². The summed E-state index contributed by atoms with van der Waals surface area (Å²) < 4.78 is 59.2. The molecule has 0 aliphatic heterocycles. The topological polar surface area (TPSA) is 172 Å². The summed E-state index contributed by atoms with van der Waals surface area (Å²) in [5.74, 6) is 0. The van der Waals surface area contributed by atoms with Gasteiger partial charge in [-0.05, 0) is 102 Å². The van der Waals surface area contributed by atoms with Crippen LogP contribution >= 0.6 is 0 Å². The van der Waals surface area contributed by atoms with Crippen molar-refractivity contribution in [2.24, 2.45) is 0 Å². The summed E-state index contributed by atoms with van der Waals surface area (Å²) >= 11 is 0. The number of aryl methyl sites for hydroxylation is 1. The Hall–Kier alpha value is -6.48. The van der Waals surface area contributed by atoms with Crippen LogP contribution in [0.15, 0.2) is 161 Å². The number of para-hydroxylation sites is 1. The molecule has 0 radical (unpaired) electrons. The molecule has 6 aromatic carbocycles. The van der Waals surface area contributed by atoms with Crippen molar-refractivity contribution in [2.75, 3.05) is 26.0 Å². The average molecular weight is 762 g/mol. The SMILES string of the molecule is Cc1ccc(S(=O)(=O)OCc2cccc(NC(=O)Nc3ccc(-c4ccc(S(=O)(=O)Nc5cccc(NC(=O)Nc6ccccc6)c5)cc4)cc3)c2)cc1. The van der Waals surface area contributed by atoms with E-state index in [4.69, 9.17) is 4.18 Å². The fourth-order valence-electron chi connectivity index (χ4n) is 5.21. The van der Waals surface area contributed by atoms with E-state index in [-0.39, 0.29) is 22.1 Å². The van der Waals surface area contributed by atoms with Crippen LogP contribution in [-0.2, 0) is 30.9 Å². The molecule has 54 heavy (non-hydrogen) atoms. The van der Waals surface area contributed by atoms with Gasteiger partial charge in [0.2, 0.25) is 0 Å². The second-order valence-electron chi connectivity index (χ2n) is 12.0. The quantitative estimate of drug-likeness (QED) is 0.0777. The van der Waals surface area contributed by atoms with Gasteiger partial charge in [-0.25, -0.2) is 18.0 Å². The highest BCUT2D eigenvalue weighted by molar-refractivity contribution is 7.92. The summed E-state index contributed by atoms with van der Waals surface area (Å²) in [4.78, 5) is 25.2. The van der Waals surface area contributed by atoms with Crippen LogP contribution in [-0.4, -0.2) is 28.9 Å². The van der Waals surface area contributed by atoms with Gasteiger partial charge in [0.1, 0.15) is 0 Å². The first-order chi connectivity index (χ1) is 25.9. The van der Waals surface area contributed by atoms with Crippen molar-refractivity contribution < 1.29 is 30.6 Å². The Kier molecular flexibility index (Phi) is 11.4. The molecule has 0 bridgehead atoms. The van der Waals surface area contributed by atoms with E-state index in [1.807, 2.05) is 13.0 Å². The molecule has 0 saturated heterocycles. The van der Waals surface area contributed by atoms with Crippen molar-refractivity contribution in [3.8, 4) is 11.1 Å². The van der Waals surface area contributed by atoms with Crippen LogP contribution in [0.2, 0.25) is 0 Å². The molecule has 274 valence electrons. The van der Waals surface area contributed by atoms with Gasteiger partial charge in [0.05, 0.1) is 22.1 Å². The third kappa shape index (κ3) is 10.1. The number of carbonyl (C=O) groups excluding carboxylic acids is 2. The van der Waals surface area contributed by atoms with Crippen molar-refractivity contribution >= 4 is 60.6 Å². The van der Waals surface area contributed by atoms with Crippen molar-refractivity contribution in [2.45, 2.75) is 23.3 Å². The smallest absolute Gasteiger partial charge is 0.308 e. The Balaban J connectivity index is 1.01. The molecule has 0 spiro atoms. The Morgan fingerprint density at radius 1 is 0.500 bits per heavy atom. The number of sulfonamides is 1. The third-order valence-electron chi connectivity index (χ3n) is 7.92. The minimum atomic E-state index is -3.95. The number of anilines is 5. The number of urea groups is 2. The fraction of sp³-hybridized carbons (Fsp3) is 0.0500. The standard InChI is InChI=1S/C40H35N5O7S2/c1-28-13-21-38(22-14-28)54(50,51)52-27-29-7-5-10-34(25-29)43-40(47)42-33-19-15-30(16-20-33)31-17-23-37(24-18-31)53(48,49)45-36-12-6-11-35(26-36)44-39(46)41-32-8-3-2-4-9-32/h2-26,45H,27H2,1H3,(H2,41,44,46)(H2,42,43,47). The molecule has 0 aliphatic rings. The normalized spacial score (nSPS) is 11.3. The van der Waals surface area contributed by atoms with Gasteiger partial charge < -0.3 is 21.3 Å². The van der Waals surface area contributed by atoms with Crippen LogP contribution in [0.5, 0.6) is 0 Å². The van der Waals surface area contributed by atoms with E-state index in [1.54, 1.807) is 115 Å². The number of carbonyl (C=O) groups is 2. The predicted octanol–water partition coefficient (Wildman–Crippen LogP) is 8.66. The Labute approximate surface area is 313 Å². The molecular weight excluding hydrogens is 727 g/mol. The lowest BCUT2D eigenvalue weighted by Crippen LogP contribution is -2.19. The molecule has 12 nitrogen and oxygen atoms in total. The zero-order valence-electron chi connectivity index (χ0n) is 28.8. The average Bonchev–Trinajstić information content (AvgIpc) is 3.15. The minimum absolute atomic E-state index is 0.0462. The molecule has 0 aliphatic carbocycles. The maximum atomic E-state index is 13.2. The molecule has 0 unspecified atom stereocenters. The monoisotopic (exact) mass is 761 g/mol. The predicted molar refractivity (Wildman–Crippen MR) is 210 cm³/mol. The molecule has 5 N–H and O–H groups in total. The number of hydrogen-bond acceptors (Lipinski definition) is 7. The van der Waals surface area contributed by atoms with Crippen LogP contribution in [0, 0.1) is 6.92 Å². The van der Waals surface area contributed by atoms with Gasteiger partial charge in [0.25, 0.3) is 20.1 Å². The lowest BCUT2D eigenvalue weighted by molar-refractivity contribution is 0.261. The lowest BCUT2D eigenvalue weighted by atomic mass is 10.1. The van der Waals surface area contributed by atoms with Gasteiger partial charge in [-0.15, -0.1) is 0 Å². The molecule has 4 amide bonds. The Morgan fingerprint density at radius 2 is 0.981 bits per heavy atom. The van der Waals surface area contributed by atoms with Crippen LogP contribution in [0.1, 0.15) is 11.1 Å². The number of rotatable bonds is 12. The van der Waals surface area contributed by atoms with E-state index in [0.717, 1.165) is 16.7 Å². The first-order valence-corrected chi connectivity index (χ1v) is 19.4. The number of nitrogens with one attached hydrogen (secondary N) is 5. The Morgan fingerprint density at radius 3 is 1.61 bits per heavy atom. The van der Waals surface area contributed by atoms with E-state index in [0.29, 0.717) is 28.3 Å². The van der Waals surface area contributed by atoms with Crippen molar-refractivity contribution in [1.29, 1.82) is 0 Å². The van der Waals surface area contributed by atoms with Crippen LogP contribution < -0.4 is 26.0 Å². The number of hydrogen-bond donors (Lipinski definition) is 5. The summed E-state index contributed by atoms with van der Waals surface area (Å²) in [6.45, 7) is 1.65. The van der Waals surface area contributed by atoms with Crippen molar-refractivity contribution in [1.82, 2.24) is 0 Å². The van der Waals surface area contributed by atoms with Gasteiger partial charge in [-0.3, -0.25) is 8.91 Å². The largest absolute Gasteiger partial charge is 0.323 e. The molecule has 0 aromatic heterocycles. The van der Waals surface area contributed by atoms with Crippen LogP contribution in [0.3, 0.4) is 0 Å². The molecule has 0 fully saturated rings. The van der Waals surface area contributed by atoms with E-state index in [1.165, 1.54) is 30.3 Å². The summed E-state index contributed by atoms with van der Waals surface area (Å²) in [5, 5.41) is 10.9. The molecule has 0 saturated carbocycles. The zero-order valence-corrected chi connectivity index (χ0v) is 30.4. The number of amides is 4. The van der Waals surface area contributed by atoms with E-state index >= 15 is 0 Å². The highest BCUT2D eigenvalue weighted by Crippen LogP contribution is 2.26. The third-order valence-corrected chi connectivity index (χ3v) is 10.6. The highest BCUT2D eigenvalue weighted by Gasteiger charge is 2.17. The molecule has 0 atom stereocenters. The maximum Gasteiger partial charge on any atom is 0.323 e. The molecular formula is C40H35N5O7S2. The van der Waals surface area contributed by atoms with Gasteiger partial charge in [0, 0.05) is 22.7 Å². The maximum absolute atomic E-state index is 13.2. The summed E-state index contributed by atoms with van der Waals surface area (Å²) in [6.07, 6.45) is 0. The molecule has 6 rings (SSSR count). The first-order valence-electron chi connectivity index (χ1n) is 16.5. The molecule has 14 heteroatoms. The van der Waals surface area contributed by atoms with Gasteiger partial charge in [-0.1, -0.05) is 78.4 Å². The van der Waals surface area contributed by atoms with E-state index in [2.05, 4.69) is 26.0 Å². The van der Waals surface area contributed by atoms with E-state index in [9.17, 15) is 26.4 Å². The number of benzene rings is 6. The van der Waals surface area contributed by atoms with Crippen molar-refractivity contribution in [3.63, 3.8) is 0 Å². The second kappa shape index (κ2) is 16.5. The minimum Gasteiger partial charge on any atom is -0.308 e. The van der Waals surface area contributed by atoms with Crippen molar-refractivity contribution in [3.05, 3.63) is 163 Å². The lowest BCUT2D eigenvalue weighted by Gasteiger charge is -2.12. The Bertz CT molecular complexity index is 2480. The van der Waals surface area contributed by atoms with Gasteiger partial charge >= 0.3 is 12.1 Å². The summed E-state index contributed by atoms with van der Waals surface area (Å²) in [6, 6.07) is 40.7. The second-order valence-corrected chi connectivity index (χ2v) is 15.3. The first kappa shape index (κ1) is 37.3.